The van der Waals surface area contributed by atoms with Crippen molar-refractivity contribution < 1.29 is 4.79 Å². The van der Waals surface area contributed by atoms with Gasteiger partial charge in [0.1, 0.15) is 0 Å². The Morgan fingerprint density at radius 1 is 1.25 bits per heavy atom. The van der Waals surface area contributed by atoms with Gasteiger partial charge in [0, 0.05) is 30.2 Å². The first-order valence-corrected chi connectivity index (χ1v) is 7.49. The fourth-order valence-electron chi connectivity index (χ4n) is 2.49. The molecule has 0 radical (unpaired) electrons. The summed E-state index contributed by atoms with van der Waals surface area (Å²) in [7, 11) is 0. The number of nitrogens with one attached hydrogen (secondary N) is 1. The van der Waals surface area contributed by atoms with Gasteiger partial charge in [-0.1, -0.05) is 38.5 Å². The number of hydrogen-bond acceptors (Lipinski definition) is 2. The Bertz CT molecular complexity index is 459. The molecule has 1 aromatic rings. The van der Waals surface area contributed by atoms with E-state index in [0.717, 1.165) is 25.9 Å². The van der Waals surface area contributed by atoms with Crippen LogP contribution < -0.4 is 10.2 Å². The summed E-state index contributed by atoms with van der Waals surface area (Å²) in [5.74, 6) is 0.147. The minimum Gasteiger partial charge on any atom is -0.369 e. The molecule has 1 saturated heterocycles. The standard InChI is InChI=1S/C17H26N2O/c1-13-7-9-15(10-8-13)19-11-5-6-14(12-19)18-16(20)17(2,3)4/h7-10,14H,5-6,11-12H2,1-4H3,(H,18,20). The maximum Gasteiger partial charge on any atom is 0.225 e. The molecule has 1 aliphatic rings. The maximum absolute atomic E-state index is 12.1. The molecule has 1 N–H and O–H groups in total. The monoisotopic (exact) mass is 274 g/mol. The molecule has 1 amide bonds. The predicted molar refractivity (Wildman–Crippen MR) is 84.0 cm³/mol. The predicted octanol–water partition coefficient (Wildman–Crippen LogP) is 3.13. The lowest BCUT2D eigenvalue weighted by Crippen LogP contribution is -2.50. The van der Waals surface area contributed by atoms with Crippen LogP contribution in [0.15, 0.2) is 24.3 Å². The molecule has 1 heterocycles. The van der Waals surface area contributed by atoms with Gasteiger partial charge < -0.3 is 10.2 Å². The topological polar surface area (TPSA) is 32.3 Å². The first-order chi connectivity index (χ1) is 9.36. The number of amides is 1. The Morgan fingerprint density at radius 3 is 2.50 bits per heavy atom. The molecule has 1 aromatic carbocycles. The van der Waals surface area contributed by atoms with Crippen molar-refractivity contribution >= 4 is 11.6 Å². The van der Waals surface area contributed by atoms with Crippen LogP contribution in [0.2, 0.25) is 0 Å². The van der Waals surface area contributed by atoms with E-state index in [1.165, 1.54) is 11.3 Å². The van der Waals surface area contributed by atoms with Gasteiger partial charge in [-0.25, -0.2) is 0 Å². The van der Waals surface area contributed by atoms with Crippen molar-refractivity contribution in [3.05, 3.63) is 29.8 Å². The van der Waals surface area contributed by atoms with Crippen molar-refractivity contribution in [2.45, 2.75) is 46.6 Å². The van der Waals surface area contributed by atoms with E-state index >= 15 is 0 Å². The smallest absolute Gasteiger partial charge is 0.225 e. The van der Waals surface area contributed by atoms with Crippen molar-refractivity contribution in [3.63, 3.8) is 0 Å². The van der Waals surface area contributed by atoms with Crippen molar-refractivity contribution in [2.24, 2.45) is 5.41 Å². The number of piperidine rings is 1. The molecular formula is C17H26N2O. The van der Waals surface area contributed by atoms with Crippen molar-refractivity contribution in [2.75, 3.05) is 18.0 Å². The normalized spacial score (nSPS) is 19.8. The first-order valence-electron chi connectivity index (χ1n) is 7.49. The highest BCUT2D eigenvalue weighted by Gasteiger charge is 2.27. The lowest BCUT2D eigenvalue weighted by atomic mass is 9.94. The Hall–Kier alpha value is -1.51. The Labute approximate surface area is 122 Å². The molecule has 0 spiro atoms. The van der Waals surface area contributed by atoms with Crippen LogP contribution in [0.25, 0.3) is 0 Å². The molecule has 3 heteroatoms. The molecule has 0 bridgehead atoms. The first kappa shape index (κ1) is 14.9. The second-order valence-corrected chi connectivity index (χ2v) is 6.84. The highest BCUT2D eigenvalue weighted by Crippen LogP contribution is 2.21. The fourth-order valence-corrected chi connectivity index (χ4v) is 2.49. The molecule has 20 heavy (non-hydrogen) atoms. The molecule has 0 saturated carbocycles. The quantitative estimate of drug-likeness (QED) is 0.898. The molecular weight excluding hydrogens is 248 g/mol. The summed E-state index contributed by atoms with van der Waals surface area (Å²) in [6.07, 6.45) is 2.20. The van der Waals surface area contributed by atoms with E-state index in [9.17, 15) is 4.79 Å². The van der Waals surface area contributed by atoms with Crippen LogP contribution >= 0.6 is 0 Å². The van der Waals surface area contributed by atoms with Crippen molar-refractivity contribution in [1.82, 2.24) is 5.32 Å². The summed E-state index contributed by atoms with van der Waals surface area (Å²) in [5, 5.41) is 3.19. The third kappa shape index (κ3) is 3.75. The lowest BCUT2D eigenvalue weighted by Gasteiger charge is -2.36. The minimum absolute atomic E-state index is 0.147. The van der Waals surface area contributed by atoms with Crippen LogP contribution in [-0.4, -0.2) is 25.0 Å². The SMILES string of the molecule is Cc1ccc(N2CCCC(NC(=O)C(C)(C)C)C2)cc1. The van der Waals surface area contributed by atoms with Crippen LogP contribution in [0.1, 0.15) is 39.2 Å². The highest BCUT2D eigenvalue weighted by molar-refractivity contribution is 5.81. The van der Waals surface area contributed by atoms with Gasteiger partial charge in [0.25, 0.3) is 0 Å². The second-order valence-electron chi connectivity index (χ2n) is 6.84. The third-order valence-corrected chi connectivity index (χ3v) is 3.84. The number of aryl methyl sites for hydroxylation is 1. The van der Waals surface area contributed by atoms with E-state index in [1.807, 2.05) is 20.8 Å². The number of rotatable bonds is 2. The second kappa shape index (κ2) is 5.86. The molecule has 110 valence electrons. The molecule has 1 atom stereocenters. The molecule has 0 aromatic heterocycles. The summed E-state index contributed by atoms with van der Waals surface area (Å²) in [6, 6.07) is 8.89. The van der Waals surface area contributed by atoms with Crippen LogP contribution in [-0.2, 0) is 4.79 Å². The molecule has 0 aliphatic carbocycles. The number of carbonyl (C=O) groups excluding carboxylic acids is 1. The van der Waals surface area contributed by atoms with Crippen molar-refractivity contribution in [1.29, 1.82) is 0 Å². The zero-order valence-corrected chi connectivity index (χ0v) is 13.1. The van der Waals surface area contributed by atoms with E-state index in [-0.39, 0.29) is 17.4 Å². The number of anilines is 1. The Balaban J connectivity index is 1.98. The van der Waals surface area contributed by atoms with Crippen LogP contribution in [0.5, 0.6) is 0 Å². The van der Waals surface area contributed by atoms with E-state index in [1.54, 1.807) is 0 Å². The minimum atomic E-state index is -0.313. The lowest BCUT2D eigenvalue weighted by molar-refractivity contribution is -0.129. The van der Waals surface area contributed by atoms with Gasteiger partial charge in [0.15, 0.2) is 0 Å². The summed E-state index contributed by atoms with van der Waals surface area (Å²) < 4.78 is 0. The highest BCUT2D eigenvalue weighted by atomic mass is 16.2. The Kier molecular flexibility index (Phi) is 4.36. The van der Waals surface area contributed by atoms with Crippen LogP contribution in [0.3, 0.4) is 0 Å². The number of nitrogens with zero attached hydrogens (tertiary/aromatic N) is 1. The zero-order chi connectivity index (χ0) is 14.8. The molecule has 1 unspecified atom stereocenters. The van der Waals surface area contributed by atoms with Gasteiger partial charge in [-0.3, -0.25) is 4.79 Å². The maximum atomic E-state index is 12.1. The van der Waals surface area contributed by atoms with Gasteiger partial charge in [0.05, 0.1) is 0 Å². The number of hydrogen-bond donors (Lipinski definition) is 1. The van der Waals surface area contributed by atoms with Gasteiger partial charge >= 0.3 is 0 Å². The largest absolute Gasteiger partial charge is 0.369 e. The summed E-state index contributed by atoms with van der Waals surface area (Å²) >= 11 is 0. The molecule has 1 fully saturated rings. The molecule has 3 nitrogen and oxygen atoms in total. The van der Waals surface area contributed by atoms with Gasteiger partial charge in [-0.05, 0) is 31.9 Å². The average molecular weight is 274 g/mol. The molecule has 1 aliphatic heterocycles. The van der Waals surface area contributed by atoms with E-state index in [0.29, 0.717) is 0 Å². The van der Waals surface area contributed by atoms with Crippen molar-refractivity contribution in [3.8, 4) is 0 Å². The summed E-state index contributed by atoms with van der Waals surface area (Å²) in [6.45, 7) is 9.97. The zero-order valence-electron chi connectivity index (χ0n) is 13.1. The van der Waals surface area contributed by atoms with E-state index < -0.39 is 0 Å². The Morgan fingerprint density at radius 2 is 1.90 bits per heavy atom. The number of carbonyl (C=O) groups is 1. The van der Waals surface area contributed by atoms with Crippen LogP contribution in [0.4, 0.5) is 5.69 Å². The summed E-state index contributed by atoms with van der Waals surface area (Å²) in [5.41, 5.74) is 2.22. The van der Waals surface area contributed by atoms with Gasteiger partial charge in [0.2, 0.25) is 5.91 Å². The summed E-state index contributed by atoms with van der Waals surface area (Å²) in [4.78, 5) is 14.5. The van der Waals surface area contributed by atoms with Gasteiger partial charge in [-0.15, -0.1) is 0 Å². The van der Waals surface area contributed by atoms with Gasteiger partial charge in [-0.2, -0.15) is 0 Å². The fraction of sp³-hybridized carbons (Fsp3) is 0.588. The van der Waals surface area contributed by atoms with E-state index in [4.69, 9.17) is 0 Å². The van der Waals surface area contributed by atoms with Crippen LogP contribution in [0, 0.1) is 12.3 Å². The average Bonchev–Trinajstić information content (AvgIpc) is 2.39. The third-order valence-electron chi connectivity index (χ3n) is 3.84. The molecule has 2 rings (SSSR count). The number of benzene rings is 1. The van der Waals surface area contributed by atoms with E-state index in [2.05, 4.69) is 41.4 Å².